The van der Waals surface area contributed by atoms with E-state index >= 15 is 0 Å². The standard InChI is InChI=1S/C12H15Br3N2O/c1-3-6(2)10(16)12(18)17-11-8(14)4-7(13)5-9(11)15/h4-6,10H,3,16H2,1-2H3,(H,17,18)/t6-,10-/m0/s1. The zero-order valence-electron chi connectivity index (χ0n) is 10.1. The van der Waals surface area contributed by atoms with Gasteiger partial charge in [0.2, 0.25) is 5.91 Å². The molecule has 0 radical (unpaired) electrons. The molecule has 1 aromatic rings. The average molecular weight is 443 g/mol. The summed E-state index contributed by atoms with van der Waals surface area (Å²) in [5, 5.41) is 2.84. The maximum absolute atomic E-state index is 12.0. The van der Waals surface area contributed by atoms with Crippen molar-refractivity contribution in [1.29, 1.82) is 0 Å². The highest BCUT2D eigenvalue weighted by atomic mass is 79.9. The van der Waals surface area contributed by atoms with Crippen molar-refractivity contribution in [3.8, 4) is 0 Å². The van der Waals surface area contributed by atoms with Gasteiger partial charge in [-0.05, 0) is 49.9 Å². The summed E-state index contributed by atoms with van der Waals surface area (Å²) < 4.78 is 2.52. The molecule has 0 fully saturated rings. The lowest BCUT2D eigenvalue weighted by molar-refractivity contribution is -0.118. The van der Waals surface area contributed by atoms with Crippen molar-refractivity contribution in [3.05, 3.63) is 25.6 Å². The van der Waals surface area contributed by atoms with Gasteiger partial charge in [0.25, 0.3) is 0 Å². The molecule has 0 saturated carbocycles. The maximum Gasteiger partial charge on any atom is 0.241 e. The lowest BCUT2D eigenvalue weighted by atomic mass is 9.99. The summed E-state index contributed by atoms with van der Waals surface area (Å²) in [6.45, 7) is 3.99. The van der Waals surface area contributed by atoms with Crippen LogP contribution < -0.4 is 11.1 Å². The molecule has 3 N–H and O–H groups in total. The van der Waals surface area contributed by atoms with Gasteiger partial charge in [-0.2, -0.15) is 0 Å². The molecule has 2 atom stereocenters. The number of benzene rings is 1. The van der Waals surface area contributed by atoms with Crippen molar-refractivity contribution in [3.63, 3.8) is 0 Å². The van der Waals surface area contributed by atoms with Crippen LogP contribution in [0.25, 0.3) is 0 Å². The van der Waals surface area contributed by atoms with Crippen molar-refractivity contribution in [2.24, 2.45) is 11.7 Å². The number of carbonyl (C=O) groups is 1. The fourth-order valence-electron chi connectivity index (χ4n) is 1.38. The molecule has 0 spiro atoms. The molecule has 0 aromatic heterocycles. The zero-order chi connectivity index (χ0) is 13.9. The van der Waals surface area contributed by atoms with Crippen LogP contribution >= 0.6 is 47.8 Å². The number of amides is 1. The molecule has 1 aromatic carbocycles. The number of carbonyl (C=O) groups excluding carboxylic acids is 1. The van der Waals surface area contributed by atoms with Crippen LogP contribution in [0.5, 0.6) is 0 Å². The minimum Gasteiger partial charge on any atom is -0.323 e. The largest absolute Gasteiger partial charge is 0.323 e. The summed E-state index contributed by atoms with van der Waals surface area (Å²) in [6, 6.07) is 3.24. The first kappa shape index (κ1) is 16.1. The summed E-state index contributed by atoms with van der Waals surface area (Å²) in [4.78, 5) is 12.0. The van der Waals surface area contributed by atoms with Gasteiger partial charge in [-0.1, -0.05) is 36.2 Å². The third-order valence-corrected chi connectivity index (χ3v) is 4.52. The van der Waals surface area contributed by atoms with Crippen LogP contribution in [0.4, 0.5) is 5.69 Å². The van der Waals surface area contributed by atoms with Gasteiger partial charge < -0.3 is 11.1 Å². The predicted molar refractivity (Wildman–Crippen MR) is 85.6 cm³/mol. The highest BCUT2D eigenvalue weighted by molar-refractivity contribution is 9.11. The Bertz CT molecular complexity index is 428. The van der Waals surface area contributed by atoms with Crippen molar-refractivity contribution in [2.75, 3.05) is 5.32 Å². The number of nitrogens with two attached hydrogens (primary N) is 1. The molecule has 0 heterocycles. The minimum absolute atomic E-state index is 0.151. The molecule has 0 saturated heterocycles. The molecular formula is C12H15Br3N2O. The SMILES string of the molecule is CC[C@H](C)[C@H](N)C(=O)Nc1c(Br)cc(Br)cc1Br. The third kappa shape index (κ3) is 4.05. The van der Waals surface area contributed by atoms with Crippen LogP contribution in [-0.2, 0) is 4.79 Å². The number of hydrogen-bond donors (Lipinski definition) is 2. The first-order valence-electron chi connectivity index (χ1n) is 5.57. The Morgan fingerprint density at radius 2 is 1.83 bits per heavy atom. The van der Waals surface area contributed by atoms with E-state index in [9.17, 15) is 4.79 Å². The van der Waals surface area contributed by atoms with E-state index in [0.717, 1.165) is 19.8 Å². The van der Waals surface area contributed by atoms with E-state index in [1.54, 1.807) is 0 Å². The molecule has 18 heavy (non-hydrogen) atoms. The van der Waals surface area contributed by atoms with E-state index < -0.39 is 6.04 Å². The second-order valence-corrected chi connectivity index (χ2v) is 6.77. The molecule has 0 unspecified atom stereocenters. The fraction of sp³-hybridized carbons (Fsp3) is 0.417. The lowest BCUT2D eigenvalue weighted by Gasteiger charge is -2.19. The number of anilines is 1. The Morgan fingerprint density at radius 3 is 2.28 bits per heavy atom. The van der Waals surface area contributed by atoms with Gasteiger partial charge in [-0.15, -0.1) is 0 Å². The topological polar surface area (TPSA) is 55.1 Å². The summed E-state index contributed by atoms with van der Waals surface area (Å²) in [5.41, 5.74) is 6.59. The van der Waals surface area contributed by atoms with E-state index in [2.05, 4.69) is 53.1 Å². The quantitative estimate of drug-likeness (QED) is 0.731. The molecule has 100 valence electrons. The van der Waals surface area contributed by atoms with Crippen LogP contribution in [0, 0.1) is 5.92 Å². The van der Waals surface area contributed by atoms with Crippen molar-refractivity contribution in [2.45, 2.75) is 26.3 Å². The summed E-state index contributed by atoms with van der Waals surface area (Å²) >= 11 is 10.2. The summed E-state index contributed by atoms with van der Waals surface area (Å²) in [7, 11) is 0. The molecule has 3 nitrogen and oxygen atoms in total. The zero-order valence-corrected chi connectivity index (χ0v) is 14.9. The van der Waals surface area contributed by atoms with Crippen molar-refractivity contribution < 1.29 is 4.79 Å². The number of nitrogens with one attached hydrogen (secondary N) is 1. The van der Waals surface area contributed by atoms with Gasteiger partial charge >= 0.3 is 0 Å². The smallest absolute Gasteiger partial charge is 0.241 e. The van der Waals surface area contributed by atoms with Crippen LogP contribution in [0.3, 0.4) is 0 Å². The van der Waals surface area contributed by atoms with Gasteiger partial charge in [0.1, 0.15) is 0 Å². The number of rotatable bonds is 4. The van der Waals surface area contributed by atoms with E-state index in [1.807, 2.05) is 26.0 Å². The van der Waals surface area contributed by atoms with Gasteiger partial charge in [0.15, 0.2) is 0 Å². The molecule has 0 aliphatic heterocycles. The lowest BCUT2D eigenvalue weighted by Crippen LogP contribution is -2.40. The van der Waals surface area contributed by atoms with Crippen molar-refractivity contribution in [1.82, 2.24) is 0 Å². The van der Waals surface area contributed by atoms with Gasteiger partial charge in [-0.3, -0.25) is 4.79 Å². The van der Waals surface area contributed by atoms with Crippen LogP contribution in [0.1, 0.15) is 20.3 Å². The van der Waals surface area contributed by atoms with E-state index in [4.69, 9.17) is 5.73 Å². The molecule has 6 heteroatoms. The highest BCUT2D eigenvalue weighted by Crippen LogP contribution is 2.34. The van der Waals surface area contributed by atoms with Gasteiger partial charge in [0, 0.05) is 13.4 Å². The normalized spacial score (nSPS) is 14.1. The Balaban J connectivity index is 2.89. The van der Waals surface area contributed by atoms with E-state index in [-0.39, 0.29) is 11.8 Å². The molecule has 0 bridgehead atoms. The maximum atomic E-state index is 12.0. The van der Waals surface area contributed by atoms with Crippen LogP contribution in [-0.4, -0.2) is 11.9 Å². The second kappa shape index (κ2) is 7.03. The Hall–Kier alpha value is 0.0900. The number of halogens is 3. The van der Waals surface area contributed by atoms with Crippen molar-refractivity contribution >= 4 is 59.4 Å². The predicted octanol–water partition coefficient (Wildman–Crippen LogP) is 4.29. The Kier molecular flexibility index (Phi) is 6.30. The Morgan fingerprint density at radius 1 is 1.33 bits per heavy atom. The molecule has 1 amide bonds. The molecule has 0 aliphatic rings. The van der Waals surface area contributed by atoms with Gasteiger partial charge in [-0.25, -0.2) is 0 Å². The average Bonchev–Trinajstić information content (AvgIpc) is 2.31. The van der Waals surface area contributed by atoms with Crippen LogP contribution in [0.15, 0.2) is 25.6 Å². The molecule has 1 rings (SSSR count). The molecular weight excluding hydrogens is 428 g/mol. The van der Waals surface area contributed by atoms with Crippen LogP contribution in [0.2, 0.25) is 0 Å². The van der Waals surface area contributed by atoms with E-state index in [0.29, 0.717) is 5.69 Å². The number of hydrogen-bond acceptors (Lipinski definition) is 2. The third-order valence-electron chi connectivity index (χ3n) is 2.81. The first-order chi connectivity index (χ1) is 8.36. The highest BCUT2D eigenvalue weighted by Gasteiger charge is 2.21. The Labute approximate surface area is 132 Å². The second-order valence-electron chi connectivity index (χ2n) is 4.15. The monoisotopic (exact) mass is 440 g/mol. The van der Waals surface area contributed by atoms with Gasteiger partial charge in [0.05, 0.1) is 11.7 Å². The van der Waals surface area contributed by atoms with E-state index in [1.165, 1.54) is 0 Å². The minimum atomic E-state index is -0.502. The molecule has 0 aliphatic carbocycles. The fourth-order valence-corrected chi connectivity index (χ4v) is 3.84. The first-order valence-corrected chi connectivity index (χ1v) is 7.95. The summed E-state index contributed by atoms with van der Waals surface area (Å²) in [5.74, 6) is -0.0222. The summed E-state index contributed by atoms with van der Waals surface area (Å²) in [6.07, 6.45) is 0.872.